The molecular weight excluding hydrogens is 384 g/mol. The van der Waals surface area contributed by atoms with E-state index in [-0.39, 0.29) is 0 Å². The largest absolute Gasteiger partial charge is 0.496 e. The van der Waals surface area contributed by atoms with Gasteiger partial charge in [0.1, 0.15) is 16.5 Å². The summed E-state index contributed by atoms with van der Waals surface area (Å²) in [6.07, 6.45) is 0.980. The van der Waals surface area contributed by atoms with E-state index < -0.39 is 0 Å². The van der Waals surface area contributed by atoms with Gasteiger partial charge in [0.15, 0.2) is 5.82 Å². The predicted octanol–water partition coefficient (Wildman–Crippen LogP) is 4.97. The Morgan fingerprint density at radius 3 is 2.67 bits per heavy atom. The second-order valence-electron chi connectivity index (χ2n) is 5.84. The van der Waals surface area contributed by atoms with E-state index in [4.69, 9.17) is 21.1 Å². The fourth-order valence-electron chi connectivity index (χ4n) is 2.67. The Hall–Kier alpha value is -2.64. The summed E-state index contributed by atoms with van der Waals surface area (Å²) in [4.78, 5) is 0.702. The lowest BCUT2D eigenvalue weighted by atomic mass is 10.2. The number of ether oxygens (including phenoxy) is 2. The van der Waals surface area contributed by atoms with Crippen molar-refractivity contribution in [1.29, 1.82) is 0 Å². The van der Waals surface area contributed by atoms with Crippen LogP contribution in [0.5, 0.6) is 11.5 Å². The monoisotopic (exact) mass is 400 g/mol. The molecule has 2 aromatic heterocycles. The Morgan fingerprint density at radius 2 is 1.93 bits per heavy atom. The normalized spacial score (nSPS) is 11.1. The van der Waals surface area contributed by atoms with Crippen molar-refractivity contribution >= 4 is 27.9 Å². The second-order valence-corrected chi connectivity index (χ2v) is 7.24. The summed E-state index contributed by atoms with van der Waals surface area (Å²) in [5.74, 6) is 2.11. The summed E-state index contributed by atoms with van der Waals surface area (Å²) >= 11 is 7.62. The fourth-order valence-corrected chi connectivity index (χ4v) is 3.69. The fraction of sp³-hybridized carbons (Fsp3) is 0.211. The lowest BCUT2D eigenvalue weighted by Gasteiger charge is -2.06. The van der Waals surface area contributed by atoms with Crippen molar-refractivity contribution in [2.24, 2.45) is 0 Å². The standard InChI is InChI=1S/C19H17ClN4O2S/c1-3-10-26-14-7-4-12(5-8-14)18-23-24-17(21-22-19(24)27-18)15-11-13(20)6-9-16(15)25-2/h4-9,11H,3,10H2,1-2H3. The van der Waals surface area contributed by atoms with E-state index in [0.717, 1.165) is 28.3 Å². The number of hydrogen-bond acceptors (Lipinski definition) is 6. The van der Waals surface area contributed by atoms with Gasteiger partial charge in [-0.1, -0.05) is 29.9 Å². The number of hydrogen-bond donors (Lipinski definition) is 0. The van der Waals surface area contributed by atoms with Crippen molar-refractivity contribution < 1.29 is 9.47 Å². The van der Waals surface area contributed by atoms with Crippen LogP contribution in [0, 0.1) is 0 Å². The first kappa shape index (κ1) is 17.8. The zero-order chi connectivity index (χ0) is 18.8. The van der Waals surface area contributed by atoms with Gasteiger partial charge in [0.05, 0.1) is 19.3 Å². The number of nitrogens with zero attached hydrogens (tertiary/aromatic N) is 4. The summed E-state index contributed by atoms with van der Waals surface area (Å²) in [7, 11) is 1.61. The number of rotatable bonds is 6. The van der Waals surface area contributed by atoms with Gasteiger partial charge in [-0.05, 0) is 48.9 Å². The third kappa shape index (κ3) is 3.48. The molecule has 4 aromatic rings. The molecule has 27 heavy (non-hydrogen) atoms. The Bertz CT molecular complexity index is 1080. The minimum absolute atomic E-state index is 0.592. The van der Waals surface area contributed by atoms with Gasteiger partial charge in [-0.2, -0.15) is 9.61 Å². The molecule has 0 atom stereocenters. The molecule has 0 amide bonds. The van der Waals surface area contributed by atoms with Crippen molar-refractivity contribution in [3.63, 3.8) is 0 Å². The van der Waals surface area contributed by atoms with Crippen LogP contribution in [0.15, 0.2) is 42.5 Å². The molecule has 0 aliphatic heterocycles. The van der Waals surface area contributed by atoms with Crippen LogP contribution in [0.2, 0.25) is 5.02 Å². The molecular formula is C19H17ClN4O2S. The van der Waals surface area contributed by atoms with E-state index >= 15 is 0 Å². The van der Waals surface area contributed by atoms with Gasteiger partial charge in [0.25, 0.3) is 0 Å². The molecule has 4 rings (SSSR count). The van der Waals surface area contributed by atoms with Gasteiger partial charge in [-0.15, -0.1) is 10.2 Å². The lowest BCUT2D eigenvalue weighted by Crippen LogP contribution is -1.95. The number of methoxy groups -OCH3 is 1. The SMILES string of the molecule is CCCOc1ccc(-c2nn3c(-c4cc(Cl)ccc4OC)nnc3s2)cc1. The molecule has 2 heterocycles. The van der Waals surface area contributed by atoms with Crippen LogP contribution in [0.1, 0.15) is 13.3 Å². The minimum Gasteiger partial charge on any atom is -0.496 e. The van der Waals surface area contributed by atoms with Gasteiger partial charge in [0.2, 0.25) is 4.96 Å². The van der Waals surface area contributed by atoms with Crippen molar-refractivity contribution in [1.82, 2.24) is 19.8 Å². The van der Waals surface area contributed by atoms with Crippen molar-refractivity contribution in [2.45, 2.75) is 13.3 Å². The second kappa shape index (κ2) is 7.54. The first-order chi connectivity index (χ1) is 13.2. The van der Waals surface area contributed by atoms with Gasteiger partial charge in [-0.3, -0.25) is 0 Å². The lowest BCUT2D eigenvalue weighted by molar-refractivity contribution is 0.317. The van der Waals surface area contributed by atoms with E-state index in [1.54, 1.807) is 29.8 Å². The van der Waals surface area contributed by atoms with E-state index in [2.05, 4.69) is 22.2 Å². The zero-order valence-electron chi connectivity index (χ0n) is 14.8. The summed E-state index contributed by atoms with van der Waals surface area (Å²) < 4.78 is 12.8. The zero-order valence-corrected chi connectivity index (χ0v) is 16.4. The van der Waals surface area contributed by atoms with Crippen LogP contribution < -0.4 is 9.47 Å². The minimum atomic E-state index is 0.592. The third-order valence-corrected chi connectivity index (χ3v) is 5.15. The average molecular weight is 401 g/mol. The molecule has 0 spiro atoms. The highest BCUT2D eigenvalue weighted by Crippen LogP contribution is 2.34. The number of fused-ring (bicyclic) bond motifs is 1. The molecule has 6 nitrogen and oxygen atoms in total. The van der Waals surface area contributed by atoms with Crippen molar-refractivity contribution in [2.75, 3.05) is 13.7 Å². The Morgan fingerprint density at radius 1 is 1.11 bits per heavy atom. The average Bonchev–Trinajstić information content (AvgIpc) is 3.27. The predicted molar refractivity (Wildman–Crippen MR) is 107 cm³/mol. The Labute approximate surface area is 165 Å². The van der Waals surface area contributed by atoms with Crippen molar-refractivity contribution in [3.8, 4) is 33.5 Å². The molecule has 0 unspecified atom stereocenters. The van der Waals surface area contributed by atoms with Crippen LogP contribution in [-0.2, 0) is 0 Å². The van der Waals surface area contributed by atoms with E-state index in [0.29, 0.717) is 28.2 Å². The van der Waals surface area contributed by atoms with Crippen LogP contribution in [0.3, 0.4) is 0 Å². The first-order valence-electron chi connectivity index (χ1n) is 8.49. The van der Waals surface area contributed by atoms with E-state index in [1.807, 2.05) is 24.3 Å². The molecule has 0 aliphatic rings. The molecule has 0 saturated carbocycles. The van der Waals surface area contributed by atoms with Gasteiger partial charge in [0, 0.05) is 10.6 Å². The summed E-state index contributed by atoms with van der Waals surface area (Å²) in [6.45, 7) is 2.79. The maximum atomic E-state index is 6.15. The molecule has 0 radical (unpaired) electrons. The Kier molecular flexibility index (Phi) is 4.96. The number of benzene rings is 2. The summed E-state index contributed by atoms with van der Waals surface area (Å²) in [6, 6.07) is 13.3. The van der Waals surface area contributed by atoms with E-state index in [1.165, 1.54) is 11.3 Å². The van der Waals surface area contributed by atoms with Gasteiger partial charge >= 0.3 is 0 Å². The van der Waals surface area contributed by atoms with Crippen LogP contribution in [0.4, 0.5) is 0 Å². The molecule has 138 valence electrons. The maximum Gasteiger partial charge on any atom is 0.235 e. The molecule has 0 fully saturated rings. The van der Waals surface area contributed by atoms with Crippen molar-refractivity contribution in [3.05, 3.63) is 47.5 Å². The highest BCUT2D eigenvalue weighted by molar-refractivity contribution is 7.19. The third-order valence-electron chi connectivity index (χ3n) is 3.97. The molecule has 0 N–H and O–H groups in total. The smallest absolute Gasteiger partial charge is 0.235 e. The van der Waals surface area contributed by atoms with Gasteiger partial charge < -0.3 is 9.47 Å². The number of aromatic nitrogens is 4. The quantitative estimate of drug-likeness (QED) is 0.457. The first-order valence-corrected chi connectivity index (χ1v) is 9.68. The van der Waals surface area contributed by atoms with Crippen LogP contribution in [0.25, 0.3) is 26.9 Å². The summed E-state index contributed by atoms with van der Waals surface area (Å²) in [5, 5.41) is 14.6. The molecule has 0 saturated heterocycles. The molecule has 0 bridgehead atoms. The highest BCUT2D eigenvalue weighted by atomic mass is 35.5. The maximum absolute atomic E-state index is 6.15. The topological polar surface area (TPSA) is 61.5 Å². The Balaban J connectivity index is 1.72. The molecule has 0 aliphatic carbocycles. The summed E-state index contributed by atoms with van der Waals surface area (Å²) in [5.41, 5.74) is 1.75. The van der Waals surface area contributed by atoms with Crippen LogP contribution in [-0.4, -0.2) is 33.5 Å². The molecule has 2 aromatic carbocycles. The number of halogens is 1. The highest BCUT2D eigenvalue weighted by Gasteiger charge is 2.18. The van der Waals surface area contributed by atoms with Crippen LogP contribution >= 0.6 is 22.9 Å². The van der Waals surface area contributed by atoms with E-state index in [9.17, 15) is 0 Å². The molecule has 8 heteroatoms. The van der Waals surface area contributed by atoms with Gasteiger partial charge in [-0.25, -0.2) is 0 Å².